The van der Waals surface area contributed by atoms with Crippen LogP contribution in [0.25, 0.3) is 0 Å². The molecule has 0 aliphatic carbocycles. The molecule has 2 saturated heterocycles. The van der Waals surface area contributed by atoms with Gasteiger partial charge in [-0.2, -0.15) is 0 Å². The van der Waals surface area contributed by atoms with Gasteiger partial charge in [0.15, 0.2) is 0 Å². The Labute approximate surface area is 126 Å². The molecule has 2 N–H and O–H groups in total. The highest BCUT2D eigenvalue weighted by atomic mass is 32.2. The van der Waals surface area contributed by atoms with Crippen molar-refractivity contribution < 1.29 is 8.42 Å². The number of rotatable bonds is 4. The van der Waals surface area contributed by atoms with Crippen LogP contribution in [0, 0.1) is 6.92 Å². The minimum Gasteiger partial charge on any atom is -0.381 e. The molecule has 0 amide bonds. The number of hydrogen-bond acceptors (Lipinski definition) is 4. The van der Waals surface area contributed by atoms with Crippen LogP contribution in [-0.2, 0) is 10.0 Å². The summed E-state index contributed by atoms with van der Waals surface area (Å²) in [5.41, 5.74) is 2.66. The highest BCUT2D eigenvalue weighted by Crippen LogP contribution is 2.31. The molecule has 1 aromatic carbocycles. The maximum Gasteiger partial charge on any atom is 0.229 e. The van der Waals surface area contributed by atoms with Gasteiger partial charge in [0.2, 0.25) is 10.0 Å². The van der Waals surface area contributed by atoms with E-state index in [1.807, 2.05) is 25.1 Å². The van der Waals surface area contributed by atoms with E-state index < -0.39 is 10.0 Å². The van der Waals surface area contributed by atoms with Crippen molar-refractivity contribution in [3.63, 3.8) is 0 Å². The molecule has 0 saturated carbocycles. The van der Waals surface area contributed by atoms with Gasteiger partial charge in [-0.3, -0.25) is 9.62 Å². The van der Waals surface area contributed by atoms with Crippen LogP contribution in [0.4, 0.5) is 11.4 Å². The second kappa shape index (κ2) is 5.50. The lowest BCUT2D eigenvalue weighted by Crippen LogP contribution is -2.33. The topological polar surface area (TPSA) is 61.4 Å². The van der Waals surface area contributed by atoms with E-state index in [0.29, 0.717) is 17.8 Å². The minimum absolute atomic E-state index is 0.514. The summed E-state index contributed by atoms with van der Waals surface area (Å²) in [5.74, 6) is 0. The van der Waals surface area contributed by atoms with Gasteiger partial charge in [-0.15, -0.1) is 0 Å². The van der Waals surface area contributed by atoms with Gasteiger partial charge in [0.25, 0.3) is 0 Å². The smallest absolute Gasteiger partial charge is 0.229 e. The SMILES string of the molecule is Cc1cc(NC2CCN3CCCC23)ccc1NS(C)(=O)=O. The molecule has 5 nitrogen and oxygen atoms in total. The molecule has 0 radical (unpaired) electrons. The number of aryl methyl sites for hydroxylation is 1. The van der Waals surface area contributed by atoms with Gasteiger partial charge < -0.3 is 5.32 Å². The maximum absolute atomic E-state index is 11.3. The molecule has 0 spiro atoms. The summed E-state index contributed by atoms with van der Waals surface area (Å²) in [6.07, 6.45) is 4.95. The molecule has 2 aliphatic heterocycles. The predicted molar refractivity (Wildman–Crippen MR) is 86.3 cm³/mol. The van der Waals surface area contributed by atoms with E-state index in [1.54, 1.807) is 0 Å². The van der Waals surface area contributed by atoms with Gasteiger partial charge in [-0.25, -0.2) is 8.42 Å². The summed E-state index contributed by atoms with van der Waals surface area (Å²) >= 11 is 0. The van der Waals surface area contributed by atoms with E-state index in [9.17, 15) is 8.42 Å². The van der Waals surface area contributed by atoms with Crippen LogP contribution in [0.5, 0.6) is 0 Å². The van der Waals surface area contributed by atoms with E-state index in [2.05, 4.69) is 14.9 Å². The Kier molecular flexibility index (Phi) is 3.84. The summed E-state index contributed by atoms with van der Waals surface area (Å²) in [7, 11) is -3.22. The minimum atomic E-state index is -3.22. The lowest BCUT2D eigenvalue weighted by atomic mass is 10.1. The summed E-state index contributed by atoms with van der Waals surface area (Å²) < 4.78 is 25.2. The zero-order valence-corrected chi connectivity index (χ0v) is 13.4. The number of nitrogens with one attached hydrogen (secondary N) is 2. The first-order chi connectivity index (χ1) is 9.92. The standard InChI is InChI=1S/C15H23N3O2S/c1-11-10-12(5-6-13(11)17-21(2,19)20)16-14-7-9-18-8-3-4-15(14)18/h5-6,10,14-17H,3-4,7-9H2,1-2H3. The predicted octanol–water partition coefficient (Wildman–Crippen LogP) is 2.02. The average Bonchev–Trinajstić information content (AvgIpc) is 2.96. The zero-order valence-electron chi connectivity index (χ0n) is 12.6. The summed E-state index contributed by atoms with van der Waals surface area (Å²) in [4.78, 5) is 2.57. The molecule has 2 unspecified atom stereocenters. The van der Waals surface area contributed by atoms with Crippen LogP contribution in [-0.4, -0.2) is 44.7 Å². The zero-order chi connectivity index (χ0) is 15.0. The molecule has 21 heavy (non-hydrogen) atoms. The molecule has 2 aliphatic rings. The maximum atomic E-state index is 11.3. The van der Waals surface area contributed by atoms with E-state index >= 15 is 0 Å². The Balaban J connectivity index is 1.71. The van der Waals surface area contributed by atoms with Gasteiger partial charge >= 0.3 is 0 Å². The van der Waals surface area contributed by atoms with Crippen LogP contribution < -0.4 is 10.0 Å². The van der Waals surface area contributed by atoms with Crippen molar-refractivity contribution in [2.45, 2.75) is 38.3 Å². The second-order valence-electron chi connectivity index (χ2n) is 6.19. The molecule has 1 aromatic rings. The van der Waals surface area contributed by atoms with E-state index in [4.69, 9.17) is 0 Å². The Bertz CT molecular complexity index is 630. The van der Waals surface area contributed by atoms with Gasteiger partial charge in [0.05, 0.1) is 11.9 Å². The average molecular weight is 309 g/mol. The molecule has 0 bridgehead atoms. The van der Waals surface area contributed by atoms with Crippen LogP contribution in [0.1, 0.15) is 24.8 Å². The van der Waals surface area contributed by atoms with Gasteiger partial charge in [0.1, 0.15) is 0 Å². The highest BCUT2D eigenvalue weighted by Gasteiger charge is 2.36. The first-order valence-corrected chi connectivity index (χ1v) is 9.40. The van der Waals surface area contributed by atoms with Crippen molar-refractivity contribution in [1.82, 2.24) is 4.90 Å². The number of hydrogen-bond donors (Lipinski definition) is 2. The number of sulfonamides is 1. The van der Waals surface area contributed by atoms with E-state index in [1.165, 1.54) is 38.6 Å². The number of fused-ring (bicyclic) bond motifs is 1. The lowest BCUT2D eigenvalue weighted by Gasteiger charge is -2.22. The third-order valence-electron chi connectivity index (χ3n) is 4.48. The van der Waals surface area contributed by atoms with Gasteiger partial charge in [-0.1, -0.05) is 0 Å². The van der Waals surface area contributed by atoms with Crippen molar-refractivity contribution >= 4 is 21.4 Å². The molecular weight excluding hydrogens is 286 g/mol. The fourth-order valence-corrected chi connectivity index (χ4v) is 4.16. The molecular formula is C15H23N3O2S. The molecule has 2 fully saturated rings. The van der Waals surface area contributed by atoms with Crippen molar-refractivity contribution in [3.05, 3.63) is 23.8 Å². The van der Waals surface area contributed by atoms with E-state index in [-0.39, 0.29) is 0 Å². The fourth-order valence-electron chi connectivity index (χ4n) is 3.53. The van der Waals surface area contributed by atoms with Gasteiger partial charge in [-0.05, 0) is 56.5 Å². The lowest BCUT2D eigenvalue weighted by molar-refractivity contribution is 0.318. The molecule has 116 valence electrons. The first-order valence-electron chi connectivity index (χ1n) is 7.51. The molecule has 2 heterocycles. The Morgan fingerprint density at radius 3 is 2.76 bits per heavy atom. The van der Waals surface area contributed by atoms with Crippen molar-refractivity contribution in [2.24, 2.45) is 0 Å². The quantitative estimate of drug-likeness (QED) is 0.893. The largest absolute Gasteiger partial charge is 0.381 e. The Hall–Kier alpha value is -1.27. The van der Waals surface area contributed by atoms with Crippen LogP contribution >= 0.6 is 0 Å². The number of benzene rings is 1. The van der Waals surface area contributed by atoms with Crippen molar-refractivity contribution in [2.75, 3.05) is 29.4 Å². The first kappa shape index (κ1) is 14.7. The fraction of sp³-hybridized carbons (Fsp3) is 0.600. The van der Waals surface area contributed by atoms with E-state index in [0.717, 1.165) is 11.3 Å². The monoisotopic (exact) mass is 309 g/mol. The summed E-state index contributed by atoms with van der Waals surface area (Å²) in [5, 5.41) is 3.62. The normalized spacial score (nSPS) is 25.8. The van der Waals surface area contributed by atoms with Crippen molar-refractivity contribution in [1.29, 1.82) is 0 Å². The molecule has 6 heteroatoms. The second-order valence-corrected chi connectivity index (χ2v) is 7.94. The van der Waals surface area contributed by atoms with Crippen LogP contribution in [0.3, 0.4) is 0 Å². The van der Waals surface area contributed by atoms with Crippen molar-refractivity contribution in [3.8, 4) is 0 Å². The molecule has 2 atom stereocenters. The molecule has 0 aromatic heterocycles. The number of nitrogens with zero attached hydrogens (tertiary/aromatic N) is 1. The Morgan fingerprint density at radius 2 is 2.05 bits per heavy atom. The van der Waals surface area contributed by atoms with Crippen LogP contribution in [0.15, 0.2) is 18.2 Å². The molecule has 3 rings (SSSR count). The number of anilines is 2. The summed E-state index contributed by atoms with van der Waals surface area (Å²) in [6, 6.07) is 6.99. The Morgan fingerprint density at radius 1 is 1.24 bits per heavy atom. The highest BCUT2D eigenvalue weighted by molar-refractivity contribution is 7.92. The third kappa shape index (κ3) is 3.32. The summed E-state index contributed by atoms with van der Waals surface area (Å²) in [6.45, 7) is 4.35. The van der Waals surface area contributed by atoms with Crippen LogP contribution in [0.2, 0.25) is 0 Å². The third-order valence-corrected chi connectivity index (χ3v) is 5.07. The van der Waals surface area contributed by atoms with Gasteiger partial charge in [0, 0.05) is 24.3 Å².